The van der Waals surface area contributed by atoms with Gasteiger partial charge in [0.15, 0.2) is 0 Å². The molecule has 2 nitrogen and oxygen atoms in total. The summed E-state index contributed by atoms with van der Waals surface area (Å²) in [6.07, 6.45) is -3.79. The SMILES string of the molecule is C[C@@H](Cc1cccs1)NC(=O)c1cccc(C(F)(F)F)c1.S. The summed E-state index contributed by atoms with van der Waals surface area (Å²) in [6.45, 7) is 1.82. The zero-order chi connectivity index (χ0) is 15.5. The van der Waals surface area contributed by atoms with Crippen LogP contribution in [0.1, 0.15) is 27.7 Å². The van der Waals surface area contributed by atoms with Crippen molar-refractivity contribution < 1.29 is 18.0 Å². The highest BCUT2D eigenvalue weighted by molar-refractivity contribution is 7.59. The van der Waals surface area contributed by atoms with E-state index in [9.17, 15) is 18.0 Å². The molecule has 1 heterocycles. The van der Waals surface area contributed by atoms with Gasteiger partial charge in [-0.2, -0.15) is 26.7 Å². The summed E-state index contributed by atoms with van der Waals surface area (Å²) in [5.41, 5.74) is -0.802. The van der Waals surface area contributed by atoms with E-state index in [0.29, 0.717) is 6.42 Å². The molecule has 1 aromatic heterocycles. The van der Waals surface area contributed by atoms with Gasteiger partial charge in [0.25, 0.3) is 5.91 Å². The first kappa shape index (κ1) is 18.6. The molecule has 0 saturated heterocycles. The Morgan fingerprint density at radius 2 is 2.00 bits per heavy atom. The number of hydrogen-bond donors (Lipinski definition) is 1. The van der Waals surface area contributed by atoms with Gasteiger partial charge >= 0.3 is 6.18 Å². The van der Waals surface area contributed by atoms with Crippen molar-refractivity contribution in [2.24, 2.45) is 0 Å². The number of carbonyl (C=O) groups is 1. The first-order chi connectivity index (χ1) is 9.86. The summed E-state index contributed by atoms with van der Waals surface area (Å²) in [4.78, 5) is 13.1. The molecule has 2 aromatic rings. The van der Waals surface area contributed by atoms with Crippen molar-refractivity contribution in [3.05, 3.63) is 57.8 Å². The normalized spacial score (nSPS) is 12.4. The standard InChI is InChI=1S/C15H14F3NOS.H2S/c1-10(8-13-6-3-7-21-13)19-14(20)11-4-2-5-12(9-11)15(16,17)18;/h2-7,9-10H,8H2,1H3,(H,19,20);1H2/t10-;/m0./s1. The summed E-state index contributed by atoms with van der Waals surface area (Å²) in [5, 5.41) is 4.65. The number of hydrogen-bond acceptors (Lipinski definition) is 2. The van der Waals surface area contributed by atoms with Crippen molar-refractivity contribution in [2.45, 2.75) is 25.6 Å². The van der Waals surface area contributed by atoms with Crippen LogP contribution in [0.4, 0.5) is 13.2 Å². The second-order valence-electron chi connectivity index (χ2n) is 4.74. The third-order valence-electron chi connectivity index (χ3n) is 2.92. The molecule has 1 N–H and O–H groups in total. The second-order valence-corrected chi connectivity index (χ2v) is 5.77. The van der Waals surface area contributed by atoms with Gasteiger partial charge < -0.3 is 5.32 Å². The molecule has 0 fully saturated rings. The van der Waals surface area contributed by atoms with E-state index in [2.05, 4.69) is 5.32 Å². The Morgan fingerprint density at radius 3 is 2.59 bits per heavy atom. The van der Waals surface area contributed by atoms with Crippen LogP contribution in [0.5, 0.6) is 0 Å². The molecule has 7 heteroatoms. The van der Waals surface area contributed by atoms with E-state index in [1.165, 1.54) is 12.1 Å². The largest absolute Gasteiger partial charge is 0.416 e. The van der Waals surface area contributed by atoms with E-state index in [-0.39, 0.29) is 25.1 Å². The number of nitrogens with one attached hydrogen (secondary N) is 1. The van der Waals surface area contributed by atoms with Crippen LogP contribution in [0.2, 0.25) is 0 Å². The maximum absolute atomic E-state index is 12.6. The minimum absolute atomic E-state index is 0. The number of amides is 1. The van der Waals surface area contributed by atoms with Crippen LogP contribution >= 0.6 is 24.8 Å². The number of carbonyl (C=O) groups excluding carboxylic acids is 1. The van der Waals surface area contributed by atoms with E-state index in [4.69, 9.17) is 0 Å². The minimum atomic E-state index is -4.45. The first-order valence-electron chi connectivity index (χ1n) is 6.37. The molecular formula is C15H16F3NOS2. The van der Waals surface area contributed by atoms with E-state index in [0.717, 1.165) is 17.0 Å². The lowest BCUT2D eigenvalue weighted by atomic mass is 10.1. The van der Waals surface area contributed by atoms with Crippen molar-refractivity contribution in [1.82, 2.24) is 5.32 Å². The van der Waals surface area contributed by atoms with Gasteiger partial charge in [0.05, 0.1) is 5.56 Å². The fraction of sp³-hybridized carbons (Fsp3) is 0.267. The lowest BCUT2D eigenvalue weighted by Crippen LogP contribution is -2.34. The fourth-order valence-electron chi connectivity index (χ4n) is 1.93. The molecule has 0 saturated carbocycles. The predicted molar refractivity (Wildman–Crippen MR) is 86.8 cm³/mol. The van der Waals surface area contributed by atoms with E-state index in [1.54, 1.807) is 11.3 Å². The molecule has 0 bridgehead atoms. The molecule has 0 spiro atoms. The van der Waals surface area contributed by atoms with Crippen LogP contribution < -0.4 is 5.32 Å². The molecule has 0 aliphatic carbocycles. The third-order valence-corrected chi connectivity index (χ3v) is 3.82. The van der Waals surface area contributed by atoms with Crippen LogP contribution in [0, 0.1) is 0 Å². The topological polar surface area (TPSA) is 29.1 Å². The molecule has 1 amide bonds. The Labute approximate surface area is 137 Å². The van der Waals surface area contributed by atoms with Crippen molar-refractivity contribution in [3.63, 3.8) is 0 Å². The molecule has 2 rings (SSSR count). The van der Waals surface area contributed by atoms with Crippen LogP contribution in [0.25, 0.3) is 0 Å². The van der Waals surface area contributed by atoms with Gasteiger partial charge in [-0.1, -0.05) is 12.1 Å². The number of alkyl halides is 3. The second kappa shape index (κ2) is 7.69. The highest BCUT2D eigenvalue weighted by atomic mass is 32.1. The van der Waals surface area contributed by atoms with Crippen molar-refractivity contribution in [3.8, 4) is 0 Å². The molecular weight excluding hydrogens is 331 g/mol. The smallest absolute Gasteiger partial charge is 0.349 e. The van der Waals surface area contributed by atoms with E-state index < -0.39 is 17.6 Å². The number of thiophene rings is 1. The first-order valence-corrected chi connectivity index (χ1v) is 7.25. The average molecular weight is 347 g/mol. The molecule has 22 heavy (non-hydrogen) atoms. The summed E-state index contributed by atoms with van der Waals surface area (Å²) in [6, 6.07) is 8.16. The summed E-state index contributed by atoms with van der Waals surface area (Å²) in [5.74, 6) is -0.495. The highest BCUT2D eigenvalue weighted by Gasteiger charge is 2.30. The van der Waals surface area contributed by atoms with Gasteiger partial charge in [0.1, 0.15) is 0 Å². The van der Waals surface area contributed by atoms with Gasteiger partial charge in [-0.05, 0) is 36.6 Å². The van der Waals surface area contributed by atoms with Gasteiger partial charge in [0, 0.05) is 22.9 Å². The molecule has 1 atom stereocenters. The van der Waals surface area contributed by atoms with Crippen molar-refractivity contribution in [1.29, 1.82) is 0 Å². The predicted octanol–water partition coefficient (Wildman–Crippen LogP) is 4.24. The minimum Gasteiger partial charge on any atom is -0.349 e. The number of halogens is 3. The Kier molecular flexibility index (Phi) is 6.49. The molecule has 120 valence electrons. The highest BCUT2D eigenvalue weighted by Crippen LogP contribution is 2.29. The van der Waals surface area contributed by atoms with Gasteiger partial charge in [0.2, 0.25) is 0 Å². The van der Waals surface area contributed by atoms with Gasteiger partial charge in [-0.15, -0.1) is 11.3 Å². The van der Waals surface area contributed by atoms with Crippen LogP contribution in [-0.2, 0) is 12.6 Å². The van der Waals surface area contributed by atoms with Crippen LogP contribution in [0.3, 0.4) is 0 Å². The van der Waals surface area contributed by atoms with Gasteiger partial charge in [-0.3, -0.25) is 4.79 Å². The van der Waals surface area contributed by atoms with E-state index >= 15 is 0 Å². The molecule has 0 radical (unpaired) electrons. The Morgan fingerprint density at radius 1 is 1.27 bits per heavy atom. The van der Waals surface area contributed by atoms with E-state index in [1.807, 2.05) is 24.4 Å². The zero-order valence-electron chi connectivity index (χ0n) is 11.8. The molecule has 0 aliphatic rings. The molecule has 0 unspecified atom stereocenters. The summed E-state index contributed by atoms with van der Waals surface area (Å²) < 4.78 is 37.8. The third kappa shape index (κ3) is 5.06. The quantitative estimate of drug-likeness (QED) is 0.881. The maximum Gasteiger partial charge on any atom is 0.416 e. The lowest BCUT2D eigenvalue weighted by molar-refractivity contribution is -0.137. The summed E-state index contributed by atoms with van der Waals surface area (Å²) >= 11 is 1.58. The Hall–Kier alpha value is -1.47. The van der Waals surface area contributed by atoms with Gasteiger partial charge in [-0.25, -0.2) is 0 Å². The fourth-order valence-corrected chi connectivity index (χ4v) is 2.76. The Bertz CT molecular complexity index is 612. The van der Waals surface area contributed by atoms with Crippen molar-refractivity contribution >= 4 is 30.7 Å². The molecule has 1 aromatic carbocycles. The Balaban J connectivity index is 0.00000242. The van der Waals surface area contributed by atoms with Crippen LogP contribution in [-0.4, -0.2) is 11.9 Å². The zero-order valence-corrected chi connectivity index (χ0v) is 13.6. The lowest BCUT2D eigenvalue weighted by Gasteiger charge is -2.14. The molecule has 0 aliphatic heterocycles. The van der Waals surface area contributed by atoms with Crippen molar-refractivity contribution in [2.75, 3.05) is 0 Å². The summed E-state index contributed by atoms with van der Waals surface area (Å²) in [7, 11) is 0. The number of rotatable bonds is 4. The maximum atomic E-state index is 12.6. The monoisotopic (exact) mass is 347 g/mol. The number of benzene rings is 1. The average Bonchev–Trinajstić information content (AvgIpc) is 2.90. The van der Waals surface area contributed by atoms with Crippen LogP contribution in [0.15, 0.2) is 41.8 Å².